The van der Waals surface area contributed by atoms with E-state index < -0.39 is 0 Å². The summed E-state index contributed by atoms with van der Waals surface area (Å²) in [4.78, 5) is 4.10. The van der Waals surface area contributed by atoms with Gasteiger partial charge in [-0.05, 0) is 38.4 Å². The molecule has 1 aromatic rings. The minimum absolute atomic E-state index is 0.757. The minimum atomic E-state index is 0.757. The van der Waals surface area contributed by atoms with Crippen LogP contribution in [0.1, 0.15) is 0 Å². The lowest BCUT2D eigenvalue weighted by molar-refractivity contribution is 0.413. The molecule has 88 valence electrons. The van der Waals surface area contributed by atoms with E-state index in [1.165, 1.54) is 0 Å². The van der Waals surface area contributed by atoms with Gasteiger partial charge in [-0.2, -0.15) is 0 Å². The molecular weight excluding hydrogens is 218 g/mol. The number of thiocarbonyl (C=S) groups is 1. The predicted octanol–water partition coefficient (Wildman–Crippen LogP) is 1.56. The van der Waals surface area contributed by atoms with Crippen molar-refractivity contribution in [2.75, 3.05) is 39.1 Å². The monoisotopic (exact) mass is 237 g/mol. The third-order valence-corrected chi connectivity index (χ3v) is 2.70. The maximum Gasteiger partial charge on any atom is 0.173 e. The van der Waals surface area contributed by atoms with Crippen molar-refractivity contribution < 1.29 is 0 Å². The molecule has 0 saturated heterocycles. The lowest BCUT2D eigenvalue weighted by Crippen LogP contribution is -2.40. The summed E-state index contributed by atoms with van der Waals surface area (Å²) in [6.45, 7) is 1.84. The Morgan fingerprint density at radius 1 is 1.19 bits per heavy atom. The highest BCUT2D eigenvalue weighted by atomic mass is 32.1. The SMILES string of the molecule is CN(C)CCNC(=S)N(C)c1ccccc1. The lowest BCUT2D eigenvalue weighted by atomic mass is 10.3. The lowest BCUT2D eigenvalue weighted by Gasteiger charge is -2.21. The second kappa shape index (κ2) is 6.45. The molecule has 0 amide bonds. The molecule has 3 nitrogen and oxygen atoms in total. The molecule has 0 spiro atoms. The summed E-state index contributed by atoms with van der Waals surface area (Å²) in [5, 5.41) is 3.99. The van der Waals surface area contributed by atoms with Crippen LogP contribution < -0.4 is 10.2 Å². The standard InChI is InChI=1S/C12H19N3S/c1-14(2)10-9-13-12(16)15(3)11-7-5-4-6-8-11/h4-8H,9-10H2,1-3H3,(H,13,16). The van der Waals surface area contributed by atoms with Crippen LogP contribution >= 0.6 is 12.2 Å². The third kappa shape index (κ3) is 4.16. The number of benzene rings is 1. The van der Waals surface area contributed by atoms with E-state index in [-0.39, 0.29) is 0 Å². The van der Waals surface area contributed by atoms with Crippen molar-refractivity contribution in [2.24, 2.45) is 0 Å². The van der Waals surface area contributed by atoms with Crippen LogP contribution in [0.2, 0.25) is 0 Å². The van der Waals surface area contributed by atoms with E-state index in [1.54, 1.807) is 0 Å². The van der Waals surface area contributed by atoms with Crippen molar-refractivity contribution in [1.29, 1.82) is 0 Å². The molecule has 1 aromatic carbocycles. The van der Waals surface area contributed by atoms with Crippen molar-refractivity contribution in [3.8, 4) is 0 Å². The maximum atomic E-state index is 5.31. The normalized spacial score (nSPS) is 10.2. The van der Waals surface area contributed by atoms with E-state index in [1.807, 2.05) is 56.4 Å². The Balaban J connectivity index is 2.43. The van der Waals surface area contributed by atoms with Crippen molar-refractivity contribution in [3.05, 3.63) is 30.3 Å². The molecule has 1 N–H and O–H groups in total. The molecule has 0 saturated carbocycles. The summed E-state index contributed by atoms with van der Waals surface area (Å²) in [7, 11) is 6.07. The van der Waals surface area contributed by atoms with Gasteiger partial charge in [-0.15, -0.1) is 0 Å². The van der Waals surface area contributed by atoms with Crippen molar-refractivity contribution in [1.82, 2.24) is 10.2 Å². The smallest absolute Gasteiger partial charge is 0.173 e. The quantitative estimate of drug-likeness (QED) is 0.801. The number of hydrogen-bond acceptors (Lipinski definition) is 2. The maximum absolute atomic E-state index is 5.31. The molecule has 0 aliphatic heterocycles. The molecule has 0 unspecified atom stereocenters. The van der Waals surface area contributed by atoms with Crippen LogP contribution in [0.15, 0.2) is 30.3 Å². The molecule has 0 heterocycles. The molecule has 0 atom stereocenters. The number of hydrogen-bond donors (Lipinski definition) is 1. The predicted molar refractivity (Wildman–Crippen MR) is 74.0 cm³/mol. The summed E-state index contributed by atoms with van der Waals surface area (Å²) in [5.41, 5.74) is 1.10. The van der Waals surface area contributed by atoms with E-state index in [0.29, 0.717) is 0 Å². The fraction of sp³-hybridized carbons (Fsp3) is 0.417. The summed E-state index contributed by atoms with van der Waals surface area (Å²) in [6, 6.07) is 10.1. The van der Waals surface area contributed by atoms with E-state index >= 15 is 0 Å². The fourth-order valence-electron chi connectivity index (χ4n) is 1.27. The Morgan fingerprint density at radius 3 is 2.38 bits per heavy atom. The van der Waals surface area contributed by atoms with Crippen LogP contribution in [-0.4, -0.2) is 44.2 Å². The van der Waals surface area contributed by atoms with Crippen LogP contribution in [0.25, 0.3) is 0 Å². The molecule has 0 fully saturated rings. The zero-order valence-corrected chi connectivity index (χ0v) is 10.9. The third-order valence-electron chi connectivity index (χ3n) is 2.28. The number of likely N-dealkylation sites (N-methyl/N-ethyl adjacent to an activating group) is 1. The van der Waals surface area contributed by atoms with E-state index in [2.05, 4.69) is 10.2 Å². The van der Waals surface area contributed by atoms with Gasteiger partial charge < -0.3 is 15.1 Å². The van der Waals surface area contributed by atoms with Gasteiger partial charge in [-0.1, -0.05) is 18.2 Å². The first-order chi connectivity index (χ1) is 7.61. The second-order valence-electron chi connectivity index (χ2n) is 3.93. The first-order valence-corrected chi connectivity index (χ1v) is 5.73. The summed E-state index contributed by atoms with van der Waals surface area (Å²) < 4.78 is 0. The van der Waals surface area contributed by atoms with Gasteiger partial charge in [0.15, 0.2) is 5.11 Å². The first kappa shape index (κ1) is 12.9. The topological polar surface area (TPSA) is 18.5 Å². The Hall–Kier alpha value is -1.13. The molecule has 0 aliphatic rings. The Labute approximate surface area is 103 Å². The number of para-hydroxylation sites is 1. The highest BCUT2D eigenvalue weighted by molar-refractivity contribution is 7.80. The highest BCUT2D eigenvalue weighted by Crippen LogP contribution is 2.10. The van der Waals surface area contributed by atoms with E-state index in [0.717, 1.165) is 23.9 Å². The summed E-state index contributed by atoms with van der Waals surface area (Å²) in [6.07, 6.45) is 0. The van der Waals surface area contributed by atoms with Gasteiger partial charge in [0, 0.05) is 25.8 Å². The zero-order chi connectivity index (χ0) is 12.0. The molecule has 16 heavy (non-hydrogen) atoms. The van der Waals surface area contributed by atoms with Gasteiger partial charge in [0.05, 0.1) is 0 Å². The Morgan fingerprint density at radius 2 is 1.81 bits per heavy atom. The molecule has 1 rings (SSSR count). The van der Waals surface area contributed by atoms with Crippen LogP contribution in [0, 0.1) is 0 Å². The number of nitrogens with one attached hydrogen (secondary N) is 1. The summed E-state index contributed by atoms with van der Waals surface area (Å²) >= 11 is 5.31. The largest absolute Gasteiger partial charge is 0.361 e. The number of rotatable bonds is 4. The fourth-order valence-corrected chi connectivity index (χ4v) is 1.48. The first-order valence-electron chi connectivity index (χ1n) is 5.32. The van der Waals surface area contributed by atoms with Gasteiger partial charge >= 0.3 is 0 Å². The van der Waals surface area contributed by atoms with Crippen LogP contribution in [0.3, 0.4) is 0 Å². The van der Waals surface area contributed by atoms with Gasteiger partial charge in [0.25, 0.3) is 0 Å². The Kier molecular flexibility index (Phi) is 5.22. The molecule has 0 radical (unpaired) electrons. The van der Waals surface area contributed by atoms with Gasteiger partial charge in [-0.25, -0.2) is 0 Å². The van der Waals surface area contributed by atoms with E-state index in [4.69, 9.17) is 12.2 Å². The minimum Gasteiger partial charge on any atom is -0.361 e. The molecule has 0 aliphatic carbocycles. The highest BCUT2D eigenvalue weighted by Gasteiger charge is 2.04. The number of nitrogens with zero attached hydrogens (tertiary/aromatic N) is 2. The van der Waals surface area contributed by atoms with E-state index in [9.17, 15) is 0 Å². The van der Waals surface area contributed by atoms with Crippen molar-refractivity contribution in [3.63, 3.8) is 0 Å². The molecule has 0 bridgehead atoms. The number of anilines is 1. The van der Waals surface area contributed by atoms with Crippen LogP contribution in [0.4, 0.5) is 5.69 Å². The average Bonchev–Trinajstić information content (AvgIpc) is 2.28. The van der Waals surface area contributed by atoms with Crippen molar-refractivity contribution >= 4 is 23.0 Å². The van der Waals surface area contributed by atoms with Crippen LogP contribution in [0.5, 0.6) is 0 Å². The zero-order valence-electron chi connectivity index (χ0n) is 10.1. The average molecular weight is 237 g/mol. The van der Waals surface area contributed by atoms with Crippen molar-refractivity contribution in [2.45, 2.75) is 0 Å². The van der Waals surface area contributed by atoms with Gasteiger partial charge in [0.2, 0.25) is 0 Å². The van der Waals surface area contributed by atoms with Gasteiger partial charge in [0.1, 0.15) is 0 Å². The molecule has 4 heteroatoms. The molecular formula is C12H19N3S. The van der Waals surface area contributed by atoms with Gasteiger partial charge in [-0.3, -0.25) is 0 Å². The molecule has 0 aromatic heterocycles. The Bertz CT molecular complexity index is 324. The second-order valence-corrected chi connectivity index (χ2v) is 4.32. The summed E-state index contributed by atoms with van der Waals surface area (Å²) in [5.74, 6) is 0. The van der Waals surface area contributed by atoms with Crippen LogP contribution in [-0.2, 0) is 0 Å².